The molecule has 2 heterocycles. The fourth-order valence-electron chi connectivity index (χ4n) is 2.91. The molecule has 3 aromatic rings. The lowest BCUT2D eigenvalue weighted by atomic mass is 10.2. The van der Waals surface area contributed by atoms with E-state index < -0.39 is 0 Å². The Morgan fingerprint density at radius 1 is 1.17 bits per heavy atom. The number of guanidine groups is 1. The Hall–Kier alpha value is -2.36. The van der Waals surface area contributed by atoms with Gasteiger partial charge in [-0.3, -0.25) is 9.39 Å². The molecule has 0 bridgehead atoms. The number of nitrogens with one attached hydrogen (secondary N) is 1. The molecule has 156 valence electrons. The average molecular weight is 508 g/mol. The largest absolute Gasteiger partial charge is 0.491 e. The molecule has 0 amide bonds. The molecule has 0 aliphatic rings. The van der Waals surface area contributed by atoms with Crippen molar-refractivity contribution in [2.24, 2.45) is 4.99 Å². The number of benzene rings is 1. The van der Waals surface area contributed by atoms with Crippen molar-refractivity contribution >= 4 is 35.6 Å². The second-order valence-corrected chi connectivity index (χ2v) is 6.57. The molecule has 1 N–H and O–H groups in total. The van der Waals surface area contributed by atoms with Gasteiger partial charge >= 0.3 is 0 Å². The molecule has 2 aromatic heterocycles. The van der Waals surface area contributed by atoms with Gasteiger partial charge in [-0.25, -0.2) is 0 Å². The second-order valence-electron chi connectivity index (χ2n) is 6.57. The highest BCUT2D eigenvalue weighted by Gasteiger charge is 2.08. The number of aliphatic imine (C=N–C) groups is 1. The summed E-state index contributed by atoms with van der Waals surface area (Å²) in [6.45, 7) is 6.92. The Morgan fingerprint density at radius 2 is 1.97 bits per heavy atom. The number of likely N-dealkylation sites (N-methyl/N-ethyl adjacent to an activating group) is 1. The standard InChI is InChI=1S/C21H28N6O.HI/c1-4-22-21(26(3)15-16-28-18-10-6-5-9-17(18)2)23-13-12-20-25-24-19-11-7-8-14-27(19)20;/h5-11,14H,4,12-13,15-16H2,1-3H3,(H,22,23);1H. The van der Waals surface area contributed by atoms with Crippen LogP contribution in [0.2, 0.25) is 0 Å². The first-order valence-corrected chi connectivity index (χ1v) is 9.65. The maximum absolute atomic E-state index is 5.90. The van der Waals surface area contributed by atoms with Gasteiger partial charge in [0.2, 0.25) is 0 Å². The molecule has 8 heteroatoms. The van der Waals surface area contributed by atoms with Crippen LogP contribution in [0.4, 0.5) is 0 Å². The zero-order valence-corrected chi connectivity index (χ0v) is 19.5. The summed E-state index contributed by atoms with van der Waals surface area (Å²) >= 11 is 0. The van der Waals surface area contributed by atoms with Gasteiger partial charge in [-0.2, -0.15) is 0 Å². The highest BCUT2D eigenvalue weighted by molar-refractivity contribution is 14.0. The van der Waals surface area contributed by atoms with Crippen molar-refractivity contribution < 1.29 is 4.74 Å². The average Bonchev–Trinajstić information content (AvgIpc) is 3.12. The first kappa shape index (κ1) is 22.9. The van der Waals surface area contributed by atoms with Gasteiger partial charge in [0.25, 0.3) is 0 Å². The number of ether oxygens (including phenoxy) is 1. The lowest BCUT2D eigenvalue weighted by Crippen LogP contribution is -2.41. The predicted octanol–water partition coefficient (Wildman–Crippen LogP) is 3.17. The van der Waals surface area contributed by atoms with Crippen molar-refractivity contribution in [1.29, 1.82) is 0 Å². The highest BCUT2D eigenvalue weighted by Crippen LogP contribution is 2.15. The number of hydrogen-bond donors (Lipinski definition) is 1. The smallest absolute Gasteiger partial charge is 0.193 e. The summed E-state index contributed by atoms with van der Waals surface area (Å²) in [6.07, 6.45) is 2.71. The molecule has 0 spiro atoms. The van der Waals surface area contributed by atoms with Crippen molar-refractivity contribution in [1.82, 2.24) is 24.8 Å². The minimum Gasteiger partial charge on any atom is -0.491 e. The monoisotopic (exact) mass is 508 g/mol. The highest BCUT2D eigenvalue weighted by atomic mass is 127. The van der Waals surface area contributed by atoms with E-state index in [0.29, 0.717) is 13.2 Å². The molecule has 1 aromatic carbocycles. The molecule has 0 saturated heterocycles. The third-order valence-corrected chi connectivity index (χ3v) is 4.46. The van der Waals surface area contributed by atoms with Crippen LogP contribution in [-0.4, -0.2) is 58.7 Å². The molecular formula is C21H29IN6O. The van der Waals surface area contributed by atoms with Crippen molar-refractivity contribution in [3.63, 3.8) is 0 Å². The van der Waals surface area contributed by atoms with E-state index in [1.807, 2.05) is 54.0 Å². The SMILES string of the molecule is CCNC(=NCCc1nnc2ccccn12)N(C)CCOc1ccccc1C.I. The molecule has 0 unspecified atom stereocenters. The van der Waals surface area contributed by atoms with Gasteiger partial charge in [-0.15, -0.1) is 34.2 Å². The van der Waals surface area contributed by atoms with Crippen LogP contribution in [0.3, 0.4) is 0 Å². The molecule has 0 aliphatic carbocycles. The molecule has 0 fully saturated rings. The summed E-state index contributed by atoms with van der Waals surface area (Å²) in [5.41, 5.74) is 2.00. The van der Waals surface area contributed by atoms with Crippen molar-refractivity contribution in [2.75, 3.05) is 33.3 Å². The van der Waals surface area contributed by atoms with E-state index in [1.54, 1.807) is 0 Å². The minimum absolute atomic E-state index is 0. The van der Waals surface area contributed by atoms with Crippen LogP contribution in [0.25, 0.3) is 5.65 Å². The fraction of sp³-hybridized carbons (Fsp3) is 0.381. The van der Waals surface area contributed by atoms with Gasteiger partial charge in [0.15, 0.2) is 11.6 Å². The van der Waals surface area contributed by atoms with E-state index in [9.17, 15) is 0 Å². The van der Waals surface area contributed by atoms with Crippen LogP contribution < -0.4 is 10.1 Å². The normalized spacial score (nSPS) is 11.2. The number of rotatable bonds is 8. The van der Waals surface area contributed by atoms with Crippen molar-refractivity contribution in [3.05, 3.63) is 60.0 Å². The molecule has 0 saturated carbocycles. The van der Waals surface area contributed by atoms with Crippen LogP contribution in [0.1, 0.15) is 18.3 Å². The van der Waals surface area contributed by atoms with Gasteiger partial charge in [-0.1, -0.05) is 24.3 Å². The molecule has 0 radical (unpaired) electrons. The van der Waals surface area contributed by atoms with Crippen molar-refractivity contribution in [3.8, 4) is 5.75 Å². The van der Waals surface area contributed by atoms with E-state index in [1.165, 1.54) is 0 Å². The molecular weight excluding hydrogens is 479 g/mol. The number of aryl methyl sites for hydroxylation is 1. The minimum atomic E-state index is 0. The Kier molecular flexibility index (Phi) is 9.17. The summed E-state index contributed by atoms with van der Waals surface area (Å²) in [5, 5.41) is 11.8. The Balaban J connectivity index is 0.00000300. The van der Waals surface area contributed by atoms with Gasteiger partial charge in [0, 0.05) is 32.8 Å². The summed E-state index contributed by atoms with van der Waals surface area (Å²) in [5.74, 6) is 2.71. The van der Waals surface area contributed by atoms with E-state index in [-0.39, 0.29) is 24.0 Å². The zero-order chi connectivity index (χ0) is 19.8. The van der Waals surface area contributed by atoms with E-state index in [4.69, 9.17) is 9.73 Å². The third-order valence-electron chi connectivity index (χ3n) is 4.46. The van der Waals surface area contributed by atoms with Crippen LogP contribution in [0.5, 0.6) is 5.75 Å². The second kappa shape index (κ2) is 11.6. The number of nitrogens with zero attached hydrogens (tertiary/aromatic N) is 5. The van der Waals surface area contributed by atoms with Gasteiger partial charge in [0.1, 0.15) is 18.2 Å². The van der Waals surface area contributed by atoms with Crippen LogP contribution in [0, 0.1) is 6.92 Å². The molecule has 0 aliphatic heterocycles. The first-order valence-electron chi connectivity index (χ1n) is 9.65. The van der Waals surface area contributed by atoms with Crippen molar-refractivity contribution in [2.45, 2.75) is 20.3 Å². The fourth-order valence-corrected chi connectivity index (χ4v) is 2.91. The number of para-hydroxylation sites is 1. The summed E-state index contributed by atoms with van der Waals surface area (Å²) in [6, 6.07) is 14.0. The van der Waals surface area contributed by atoms with Gasteiger partial charge in [-0.05, 0) is 37.6 Å². The summed E-state index contributed by atoms with van der Waals surface area (Å²) < 4.78 is 7.90. The molecule has 0 atom stereocenters. The van der Waals surface area contributed by atoms with Crippen LogP contribution >= 0.6 is 24.0 Å². The topological polar surface area (TPSA) is 67.0 Å². The predicted molar refractivity (Wildman–Crippen MR) is 127 cm³/mol. The quantitative estimate of drug-likeness (QED) is 0.288. The van der Waals surface area contributed by atoms with E-state index >= 15 is 0 Å². The maximum Gasteiger partial charge on any atom is 0.193 e. The lowest BCUT2D eigenvalue weighted by molar-refractivity contribution is 0.280. The van der Waals surface area contributed by atoms with E-state index in [0.717, 1.165) is 48.3 Å². The first-order chi connectivity index (χ1) is 13.7. The zero-order valence-electron chi connectivity index (χ0n) is 17.2. The summed E-state index contributed by atoms with van der Waals surface area (Å²) in [7, 11) is 2.02. The van der Waals surface area contributed by atoms with Crippen LogP contribution in [0.15, 0.2) is 53.7 Å². The Bertz CT molecular complexity index is 926. The Morgan fingerprint density at radius 3 is 2.76 bits per heavy atom. The third kappa shape index (κ3) is 6.31. The molecule has 3 rings (SSSR count). The van der Waals surface area contributed by atoms with E-state index in [2.05, 4.69) is 40.3 Å². The molecule has 7 nitrogen and oxygen atoms in total. The van der Waals surface area contributed by atoms with Gasteiger partial charge in [0.05, 0.1) is 6.54 Å². The van der Waals surface area contributed by atoms with Crippen LogP contribution in [-0.2, 0) is 6.42 Å². The number of fused-ring (bicyclic) bond motifs is 1. The lowest BCUT2D eigenvalue weighted by Gasteiger charge is -2.22. The molecule has 29 heavy (non-hydrogen) atoms. The summed E-state index contributed by atoms with van der Waals surface area (Å²) in [4.78, 5) is 6.82. The number of pyridine rings is 1. The Labute approximate surface area is 189 Å². The number of aromatic nitrogens is 3. The maximum atomic E-state index is 5.90. The number of hydrogen-bond acceptors (Lipinski definition) is 4. The number of halogens is 1. The van der Waals surface area contributed by atoms with Gasteiger partial charge < -0.3 is 15.0 Å².